The predicted molar refractivity (Wildman–Crippen MR) is 67.3 cm³/mol. The molecule has 0 saturated heterocycles. The van der Waals surface area contributed by atoms with Gasteiger partial charge in [-0.2, -0.15) is 0 Å². The van der Waals surface area contributed by atoms with Crippen molar-refractivity contribution in [3.8, 4) is 0 Å². The summed E-state index contributed by atoms with van der Waals surface area (Å²) in [7, 11) is 0. The van der Waals surface area contributed by atoms with Crippen LogP contribution in [0.25, 0.3) is 0 Å². The molecule has 2 rings (SSSR count). The third-order valence-electron chi connectivity index (χ3n) is 4.18. The highest BCUT2D eigenvalue weighted by atomic mass is 16.4. The lowest BCUT2D eigenvalue weighted by atomic mass is 9.83. The van der Waals surface area contributed by atoms with Gasteiger partial charge in [0.25, 0.3) is 0 Å². The van der Waals surface area contributed by atoms with E-state index in [0.717, 1.165) is 25.3 Å². The van der Waals surface area contributed by atoms with Gasteiger partial charge in [-0.3, -0.25) is 4.79 Å². The highest BCUT2D eigenvalue weighted by molar-refractivity contribution is 5.75. The van der Waals surface area contributed by atoms with Crippen LogP contribution in [0.1, 0.15) is 44.9 Å². The number of hydrogen-bond acceptors (Lipinski definition) is 2. The summed E-state index contributed by atoms with van der Waals surface area (Å²) >= 11 is 0. The van der Waals surface area contributed by atoms with Crippen LogP contribution in [0, 0.1) is 11.8 Å². The molecule has 0 aromatic carbocycles. The standard InChI is InChI=1S/C13H22N2O3/c16-12(17)10-4-5-11(8-10)15-13(18)14-7-6-9-2-1-3-9/h9-11H,1-8H2,(H,16,17)(H2,14,15,18). The van der Waals surface area contributed by atoms with Crippen molar-refractivity contribution >= 4 is 12.0 Å². The van der Waals surface area contributed by atoms with E-state index in [4.69, 9.17) is 5.11 Å². The maximum Gasteiger partial charge on any atom is 0.315 e. The van der Waals surface area contributed by atoms with E-state index in [1.807, 2.05) is 0 Å². The average molecular weight is 254 g/mol. The first kappa shape index (κ1) is 13.2. The van der Waals surface area contributed by atoms with E-state index in [1.165, 1.54) is 19.3 Å². The van der Waals surface area contributed by atoms with Gasteiger partial charge < -0.3 is 15.7 Å². The van der Waals surface area contributed by atoms with Gasteiger partial charge in [-0.15, -0.1) is 0 Å². The summed E-state index contributed by atoms with van der Waals surface area (Å²) in [5.41, 5.74) is 0. The molecule has 0 spiro atoms. The largest absolute Gasteiger partial charge is 0.481 e. The lowest BCUT2D eigenvalue weighted by Gasteiger charge is -2.25. The van der Waals surface area contributed by atoms with Crippen LogP contribution in [0.2, 0.25) is 0 Å². The Balaban J connectivity index is 1.58. The van der Waals surface area contributed by atoms with Crippen molar-refractivity contribution in [3.63, 3.8) is 0 Å². The van der Waals surface area contributed by atoms with E-state index in [2.05, 4.69) is 10.6 Å². The summed E-state index contributed by atoms with van der Waals surface area (Å²) in [4.78, 5) is 22.4. The lowest BCUT2D eigenvalue weighted by molar-refractivity contribution is -0.141. The van der Waals surface area contributed by atoms with Gasteiger partial charge in [-0.25, -0.2) is 4.79 Å². The molecular formula is C13H22N2O3. The van der Waals surface area contributed by atoms with E-state index in [9.17, 15) is 9.59 Å². The molecule has 102 valence electrons. The van der Waals surface area contributed by atoms with Crippen LogP contribution < -0.4 is 10.6 Å². The minimum atomic E-state index is -0.746. The van der Waals surface area contributed by atoms with Crippen molar-refractivity contribution in [3.05, 3.63) is 0 Å². The molecule has 0 aromatic rings. The van der Waals surface area contributed by atoms with Crippen molar-refractivity contribution in [2.75, 3.05) is 6.54 Å². The number of carboxylic acids is 1. The number of aliphatic carboxylic acids is 1. The first-order chi connectivity index (χ1) is 8.65. The van der Waals surface area contributed by atoms with Crippen LogP contribution >= 0.6 is 0 Å². The fourth-order valence-electron chi connectivity index (χ4n) is 2.74. The van der Waals surface area contributed by atoms with Gasteiger partial charge in [-0.05, 0) is 31.6 Å². The normalized spacial score (nSPS) is 27.6. The smallest absolute Gasteiger partial charge is 0.315 e. The number of nitrogens with one attached hydrogen (secondary N) is 2. The number of carboxylic acid groups (broad SMARTS) is 1. The second-order valence-corrected chi connectivity index (χ2v) is 5.53. The van der Waals surface area contributed by atoms with Crippen LogP contribution in [0.4, 0.5) is 4.79 Å². The van der Waals surface area contributed by atoms with Crippen molar-refractivity contribution < 1.29 is 14.7 Å². The molecule has 0 aromatic heterocycles. The highest BCUT2D eigenvalue weighted by Gasteiger charge is 2.30. The molecule has 2 amide bonds. The third-order valence-corrected chi connectivity index (χ3v) is 4.18. The highest BCUT2D eigenvalue weighted by Crippen LogP contribution is 2.28. The number of rotatable bonds is 5. The second-order valence-electron chi connectivity index (χ2n) is 5.53. The summed E-state index contributed by atoms with van der Waals surface area (Å²) in [6, 6.07) is -0.125. The van der Waals surface area contributed by atoms with Crippen LogP contribution in [-0.2, 0) is 4.79 Å². The summed E-state index contributed by atoms with van der Waals surface area (Å²) in [5, 5.41) is 14.6. The summed E-state index contributed by atoms with van der Waals surface area (Å²) in [6.07, 6.45) is 6.99. The molecule has 2 aliphatic carbocycles. The molecule has 0 bridgehead atoms. The monoisotopic (exact) mass is 254 g/mol. The number of hydrogen-bond donors (Lipinski definition) is 3. The molecule has 0 radical (unpaired) electrons. The average Bonchev–Trinajstić information content (AvgIpc) is 2.70. The number of urea groups is 1. The van der Waals surface area contributed by atoms with E-state index in [0.29, 0.717) is 12.8 Å². The molecule has 2 atom stereocenters. The van der Waals surface area contributed by atoms with Crippen molar-refractivity contribution in [1.29, 1.82) is 0 Å². The summed E-state index contributed by atoms with van der Waals surface area (Å²) in [6.45, 7) is 0.728. The fourth-order valence-corrected chi connectivity index (χ4v) is 2.74. The Hall–Kier alpha value is -1.26. The fraction of sp³-hybridized carbons (Fsp3) is 0.846. The molecule has 5 heteroatoms. The minimum Gasteiger partial charge on any atom is -0.481 e. The van der Waals surface area contributed by atoms with Crippen LogP contribution in [0.5, 0.6) is 0 Å². The van der Waals surface area contributed by atoms with Crippen molar-refractivity contribution in [2.45, 2.75) is 51.0 Å². The van der Waals surface area contributed by atoms with Gasteiger partial charge in [0.1, 0.15) is 0 Å². The number of carbonyl (C=O) groups excluding carboxylic acids is 1. The SMILES string of the molecule is O=C(NCCC1CCC1)NC1CCC(C(=O)O)C1. The van der Waals surface area contributed by atoms with Gasteiger partial charge >= 0.3 is 12.0 Å². The number of carbonyl (C=O) groups is 2. The molecule has 2 saturated carbocycles. The number of amides is 2. The van der Waals surface area contributed by atoms with Gasteiger partial charge in [0.05, 0.1) is 5.92 Å². The summed E-state index contributed by atoms with van der Waals surface area (Å²) in [5.74, 6) is -0.233. The Labute approximate surface area is 107 Å². The Morgan fingerprint density at radius 2 is 1.94 bits per heavy atom. The van der Waals surface area contributed by atoms with Gasteiger partial charge in [0.15, 0.2) is 0 Å². The maximum absolute atomic E-state index is 11.6. The zero-order valence-electron chi connectivity index (χ0n) is 10.7. The maximum atomic E-state index is 11.6. The Kier molecular flexibility index (Phi) is 4.44. The molecule has 3 N–H and O–H groups in total. The second kappa shape index (κ2) is 6.07. The molecule has 18 heavy (non-hydrogen) atoms. The van der Waals surface area contributed by atoms with E-state index in [1.54, 1.807) is 0 Å². The molecule has 0 aliphatic heterocycles. The summed E-state index contributed by atoms with van der Waals surface area (Å²) < 4.78 is 0. The minimum absolute atomic E-state index is 0.0230. The molecule has 5 nitrogen and oxygen atoms in total. The molecule has 0 heterocycles. The van der Waals surface area contributed by atoms with Crippen molar-refractivity contribution in [1.82, 2.24) is 10.6 Å². The zero-order valence-corrected chi connectivity index (χ0v) is 10.7. The molecule has 2 aliphatic rings. The first-order valence-corrected chi connectivity index (χ1v) is 6.92. The van der Waals surface area contributed by atoms with E-state index in [-0.39, 0.29) is 18.0 Å². The van der Waals surface area contributed by atoms with Crippen LogP contribution in [-0.4, -0.2) is 29.7 Å². The molecule has 2 fully saturated rings. The van der Waals surface area contributed by atoms with Crippen LogP contribution in [0.15, 0.2) is 0 Å². The quantitative estimate of drug-likeness (QED) is 0.699. The van der Waals surface area contributed by atoms with Crippen LogP contribution in [0.3, 0.4) is 0 Å². The Morgan fingerprint density at radius 1 is 1.17 bits per heavy atom. The van der Waals surface area contributed by atoms with Gasteiger partial charge in [-0.1, -0.05) is 19.3 Å². The zero-order chi connectivity index (χ0) is 13.0. The lowest BCUT2D eigenvalue weighted by Crippen LogP contribution is -2.42. The predicted octanol–water partition coefficient (Wildman–Crippen LogP) is 1.73. The van der Waals surface area contributed by atoms with Gasteiger partial charge in [0.2, 0.25) is 0 Å². The first-order valence-electron chi connectivity index (χ1n) is 6.92. The van der Waals surface area contributed by atoms with E-state index >= 15 is 0 Å². The Bertz CT molecular complexity index is 315. The molecule has 2 unspecified atom stereocenters. The van der Waals surface area contributed by atoms with E-state index < -0.39 is 5.97 Å². The van der Waals surface area contributed by atoms with Crippen molar-refractivity contribution in [2.24, 2.45) is 11.8 Å². The third kappa shape index (κ3) is 3.62. The Morgan fingerprint density at radius 3 is 2.50 bits per heavy atom. The topological polar surface area (TPSA) is 78.4 Å². The van der Waals surface area contributed by atoms with Gasteiger partial charge in [0, 0.05) is 12.6 Å². The molecular weight excluding hydrogens is 232 g/mol.